The van der Waals surface area contributed by atoms with E-state index in [0.717, 1.165) is 0 Å². The molecule has 0 aliphatic heterocycles. The monoisotopic (exact) mass is 273 g/mol. The zero-order valence-electron chi connectivity index (χ0n) is 9.65. The Morgan fingerprint density at radius 3 is 2.58 bits per heavy atom. The van der Waals surface area contributed by atoms with Gasteiger partial charge in [0.2, 0.25) is 0 Å². The van der Waals surface area contributed by atoms with Crippen molar-refractivity contribution in [1.29, 1.82) is 0 Å². The molecule has 94 valence electrons. The van der Waals surface area contributed by atoms with Crippen LogP contribution in [0.15, 0.2) is 48.7 Å². The SMILES string of the molecule is O=[N+]([O-])c1nc2ccccn2c1-c1ccc(Cl)cc1. The summed E-state index contributed by atoms with van der Waals surface area (Å²) in [6, 6.07) is 12.2. The number of nitrogens with zero attached hydrogens (tertiary/aromatic N) is 3. The smallest absolute Gasteiger partial charge is 0.358 e. The summed E-state index contributed by atoms with van der Waals surface area (Å²) >= 11 is 5.84. The predicted molar refractivity (Wildman–Crippen MR) is 72.3 cm³/mol. The molecule has 0 aliphatic carbocycles. The number of nitro groups is 1. The van der Waals surface area contributed by atoms with Crippen LogP contribution in [0.1, 0.15) is 0 Å². The summed E-state index contributed by atoms with van der Waals surface area (Å²) < 4.78 is 1.70. The molecule has 1 aromatic carbocycles. The molecule has 0 amide bonds. The Balaban J connectivity index is 2.34. The Morgan fingerprint density at radius 2 is 1.89 bits per heavy atom. The maximum Gasteiger partial charge on any atom is 0.390 e. The molecule has 0 spiro atoms. The van der Waals surface area contributed by atoms with E-state index < -0.39 is 4.92 Å². The summed E-state index contributed by atoms with van der Waals surface area (Å²) in [4.78, 5) is 14.7. The van der Waals surface area contributed by atoms with E-state index >= 15 is 0 Å². The van der Waals surface area contributed by atoms with Gasteiger partial charge in [-0.1, -0.05) is 29.8 Å². The summed E-state index contributed by atoms with van der Waals surface area (Å²) in [6.07, 6.45) is 1.75. The van der Waals surface area contributed by atoms with Crippen LogP contribution in [0.4, 0.5) is 5.82 Å². The molecule has 0 saturated carbocycles. The van der Waals surface area contributed by atoms with Gasteiger partial charge in [-0.3, -0.25) is 4.40 Å². The fourth-order valence-electron chi connectivity index (χ4n) is 1.99. The molecule has 0 saturated heterocycles. The fourth-order valence-corrected chi connectivity index (χ4v) is 2.11. The van der Waals surface area contributed by atoms with Crippen molar-refractivity contribution in [2.24, 2.45) is 0 Å². The highest BCUT2D eigenvalue weighted by Crippen LogP contribution is 2.31. The molecule has 3 aromatic rings. The van der Waals surface area contributed by atoms with Crippen LogP contribution < -0.4 is 0 Å². The first-order chi connectivity index (χ1) is 9.16. The van der Waals surface area contributed by atoms with E-state index in [0.29, 0.717) is 21.9 Å². The summed E-state index contributed by atoms with van der Waals surface area (Å²) in [5, 5.41) is 11.7. The number of rotatable bonds is 2. The number of aromatic nitrogens is 2. The highest BCUT2D eigenvalue weighted by Gasteiger charge is 2.23. The Hall–Kier alpha value is -2.40. The number of fused-ring (bicyclic) bond motifs is 1. The largest absolute Gasteiger partial charge is 0.390 e. The molecule has 0 N–H and O–H groups in total. The molecule has 0 atom stereocenters. The number of benzene rings is 1. The van der Waals surface area contributed by atoms with Gasteiger partial charge in [0, 0.05) is 22.8 Å². The maximum atomic E-state index is 11.1. The first-order valence-corrected chi connectivity index (χ1v) is 5.92. The normalized spacial score (nSPS) is 10.8. The van der Waals surface area contributed by atoms with Crippen LogP contribution in [0.5, 0.6) is 0 Å². The van der Waals surface area contributed by atoms with Crippen molar-refractivity contribution in [3.8, 4) is 11.3 Å². The molecule has 2 aromatic heterocycles. The van der Waals surface area contributed by atoms with Crippen molar-refractivity contribution in [3.05, 3.63) is 63.8 Å². The van der Waals surface area contributed by atoms with Crippen molar-refractivity contribution >= 4 is 23.1 Å². The van der Waals surface area contributed by atoms with Crippen LogP contribution in [0, 0.1) is 10.1 Å². The number of hydrogen-bond acceptors (Lipinski definition) is 3. The molecule has 0 unspecified atom stereocenters. The van der Waals surface area contributed by atoms with Gasteiger partial charge in [0.05, 0.1) is 0 Å². The lowest BCUT2D eigenvalue weighted by Gasteiger charge is -2.01. The standard InChI is InChI=1S/C13H8ClN3O2/c14-10-6-4-9(5-7-10)12-13(17(18)19)15-11-3-1-2-8-16(11)12/h1-8H. The Morgan fingerprint density at radius 1 is 1.16 bits per heavy atom. The molecule has 0 radical (unpaired) electrons. The first-order valence-electron chi connectivity index (χ1n) is 5.54. The summed E-state index contributed by atoms with van der Waals surface area (Å²) in [5.74, 6) is -0.159. The van der Waals surface area contributed by atoms with E-state index in [9.17, 15) is 10.1 Å². The lowest BCUT2D eigenvalue weighted by molar-refractivity contribution is -0.388. The van der Waals surface area contributed by atoms with E-state index in [1.165, 1.54) is 0 Å². The third-order valence-electron chi connectivity index (χ3n) is 2.80. The van der Waals surface area contributed by atoms with Gasteiger partial charge in [-0.15, -0.1) is 0 Å². The third-order valence-corrected chi connectivity index (χ3v) is 3.05. The quantitative estimate of drug-likeness (QED) is 0.530. The minimum absolute atomic E-state index is 0.159. The molecule has 19 heavy (non-hydrogen) atoms. The van der Waals surface area contributed by atoms with Crippen molar-refractivity contribution < 1.29 is 4.92 Å². The fraction of sp³-hybridized carbons (Fsp3) is 0. The van der Waals surface area contributed by atoms with Gasteiger partial charge in [-0.25, -0.2) is 0 Å². The van der Waals surface area contributed by atoms with E-state index in [4.69, 9.17) is 11.6 Å². The van der Waals surface area contributed by atoms with Crippen LogP contribution >= 0.6 is 11.6 Å². The summed E-state index contributed by atoms with van der Waals surface area (Å²) in [6.45, 7) is 0. The molecule has 0 fully saturated rings. The lowest BCUT2D eigenvalue weighted by Crippen LogP contribution is -1.93. The number of halogens is 1. The van der Waals surface area contributed by atoms with Crippen molar-refractivity contribution in [2.45, 2.75) is 0 Å². The van der Waals surface area contributed by atoms with E-state index in [1.807, 2.05) is 0 Å². The molecule has 0 bridgehead atoms. The minimum atomic E-state index is -0.475. The van der Waals surface area contributed by atoms with Gasteiger partial charge in [0.25, 0.3) is 5.65 Å². The predicted octanol–water partition coefficient (Wildman–Crippen LogP) is 3.56. The molecular formula is C13H8ClN3O2. The van der Waals surface area contributed by atoms with Gasteiger partial charge >= 0.3 is 5.82 Å². The molecule has 0 aliphatic rings. The van der Waals surface area contributed by atoms with Gasteiger partial charge < -0.3 is 10.1 Å². The molecule has 6 heteroatoms. The highest BCUT2D eigenvalue weighted by molar-refractivity contribution is 6.30. The highest BCUT2D eigenvalue weighted by atomic mass is 35.5. The zero-order valence-corrected chi connectivity index (χ0v) is 10.4. The van der Waals surface area contributed by atoms with E-state index in [1.54, 1.807) is 53.1 Å². The van der Waals surface area contributed by atoms with Gasteiger partial charge in [0.1, 0.15) is 0 Å². The van der Waals surface area contributed by atoms with Crippen LogP contribution in [-0.2, 0) is 0 Å². The second-order valence-electron chi connectivity index (χ2n) is 3.98. The van der Waals surface area contributed by atoms with Crippen molar-refractivity contribution in [1.82, 2.24) is 9.38 Å². The lowest BCUT2D eigenvalue weighted by atomic mass is 10.1. The zero-order chi connectivity index (χ0) is 13.4. The number of imidazole rings is 1. The van der Waals surface area contributed by atoms with Crippen LogP contribution in [-0.4, -0.2) is 14.3 Å². The molecule has 3 rings (SSSR count). The average Bonchev–Trinajstić information content (AvgIpc) is 2.79. The summed E-state index contributed by atoms with van der Waals surface area (Å²) in [5.41, 5.74) is 1.70. The second kappa shape index (κ2) is 4.37. The van der Waals surface area contributed by atoms with Crippen LogP contribution in [0.25, 0.3) is 16.9 Å². The van der Waals surface area contributed by atoms with Crippen molar-refractivity contribution in [3.63, 3.8) is 0 Å². The Labute approximate surface area is 113 Å². The number of hydrogen-bond donors (Lipinski definition) is 0. The topological polar surface area (TPSA) is 60.4 Å². The van der Waals surface area contributed by atoms with Crippen LogP contribution in [0.3, 0.4) is 0 Å². The second-order valence-corrected chi connectivity index (χ2v) is 4.41. The van der Waals surface area contributed by atoms with Crippen LogP contribution in [0.2, 0.25) is 5.02 Å². The van der Waals surface area contributed by atoms with E-state index in [2.05, 4.69) is 4.98 Å². The van der Waals surface area contributed by atoms with E-state index in [-0.39, 0.29) is 5.82 Å². The molecule has 2 heterocycles. The Bertz CT molecular complexity index is 765. The Kier molecular flexibility index (Phi) is 2.68. The average molecular weight is 274 g/mol. The van der Waals surface area contributed by atoms with Gasteiger partial charge in [0.15, 0.2) is 5.69 Å². The van der Waals surface area contributed by atoms with Crippen molar-refractivity contribution in [2.75, 3.05) is 0 Å². The first kappa shape index (κ1) is 11.7. The maximum absolute atomic E-state index is 11.1. The summed E-state index contributed by atoms with van der Waals surface area (Å²) in [7, 11) is 0. The molecular weight excluding hydrogens is 266 g/mol. The van der Waals surface area contributed by atoms with Gasteiger partial charge in [-0.2, -0.15) is 0 Å². The minimum Gasteiger partial charge on any atom is -0.358 e. The third kappa shape index (κ3) is 1.94. The van der Waals surface area contributed by atoms with Gasteiger partial charge in [-0.05, 0) is 28.1 Å². The molecule has 5 nitrogen and oxygen atoms in total. The number of pyridine rings is 1.